The summed E-state index contributed by atoms with van der Waals surface area (Å²) in [6.45, 7) is 1.70. The van der Waals surface area contributed by atoms with Gasteiger partial charge in [0.2, 0.25) is 10.0 Å². The second-order valence-corrected chi connectivity index (χ2v) is 7.62. The quantitative estimate of drug-likeness (QED) is 0.921. The van der Waals surface area contributed by atoms with Gasteiger partial charge in [-0.3, -0.25) is 0 Å². The fourth-order valence-corrected chi connectivity index (χ4v) is 4.34. The molecule has 0 radical (unpaired) electrons. The lowest BCUT2D eigenvalue weighted by molar-refractivity contribution is 0.0730. The molecule has 1 aliphatic rings. The minimum Gasteiger partial charge on any atom is -0.379 e. The third-order valence-corrected chi connectivity index (χ3v) is 6.25. The van der Waals surface area contributed by atoms with E-state index < -0.39 is 10.0 Å². The van der Waals surface area contributed by atoms with E-state index in [1.165, 1.54) is 15.6 Å². The van der Waals surface area contributed by atoms with Gasteiger partial charge in [-0.05, 0) is 12.1 Å². The minimum atomic E-state index is -3.44. The number of benzene rings is 1. The second-order valence-electron chi connectivity index (χ2n) is 4.83. The van der Waals surface area contributed by atoms with E-state index in [9.17, 15) is 8.42 Å². The molecule has 1 aromatic carbocycles. The largest absolute Gasteiger partial charge is 0.379 e. The van der Waals surface area contributed by atoms with Crippen LogP contribution in [0, 0.1) is 0 Å². The molecule has 1 N–H and O–H groups in total. The second kappa shape index (κ2) is 6.33. The van der Waals surface area contributed by atoms with Gasteiger partial charge in [0.05, 0.1) is 23.8 Å². The van der Waals surface area contributed by atoms with Crippen LogP contribution in [0.3, 0.4) is 0 Å². The standard InChI is InChI=1S/C14H17N3O3S2/c1-15-14-16-13(10-21-14)11-2-4-12(5-3-11)22(18,19)17-6-8-20-9-7-17/h2-5,10H,6-9H2,1H3,(H,15,16). The summed E-state index contributed by atoms with van der Waals surface area (Å²) in [6, 6.07) is 6.86. The molecule has 0 spiro atoms. The Morgan fingerprint density at radius 3 is 2.50 bits per heavy atom. The number of sulfonamides is 1. The molecule has 22 heavy (non-hydrogen) atoms. The lowest BCUT2D eigenvalue weighted by Crippen LogP contribution is -2.40. The minimum absolute atomic E-state index is 0.308. The summed E-state index contributed by atoms with van der Waals surface area (Å²) in [5.41, 5.74) is 1.74. The van der Waals surface area contributed by atoms with Gasteiger partial charge < -0.3 is 10.1 Å². The Bertz CT molecular complexity index is 735. The van der Waals surface area contributed by atoms with Gasteiger partial charge in [-0.1, -0.05) is 12.1 Å². The first kappa shape index (κ1) is 15.4. The van der Waals surface area contributed by atoms with E-state index in [0.29, 0.717) is 31.2 Å². The monoisotopic (exact) mass is 339 g/mol. The number of nitrogens with one attached hydrogen (secondary N) is 1. The van der Waals surface area contributed by atoms with E-state index >= 15 is 0 Å². The third kappa shape index (κ3) is 3.00. The zero-order chi connectivity index (χ0) is 15.6. The van der Waals surface area contributed by atoms with Gasteiger partial charge in [0.15, 0.2) is 5.13 Å². The van der Waals surface area contributed by atoms with Crippen LogP contribution in [-0.2, 0) is 14.8 Å². The van der Waals surface area contributed by atoms with Crippen LogP contribution in [0.2, 0.25) is 0 Å². The highest BCUT2D eigenvalue weighted by Crippen LogP contribution is 2.26. The first-order valence-corrected chi connectivity index (χ1v) is 9.25. The molecular formula is C14H17N3O3S2. The molecule has 0 bridgehead atoms. The number of hydrogen-bond acceptors (Lipinski definition) is 6. The van der Waals surface area contributed by atoms with E-state index in [4.69, 9.17) is 4.74 Å². The maximum atomic E-state index is 12.5. The van der Waals surface area contributed by atoms with Crippen LogP contribution < -0.4 is 5.32 Å². The Labute approximate surface area is 133 Å². The van der Waals surface area contributed by atoms with E-state index in [1.807, 2.05) is 12.4 Å². The number of aromatic nitrogens is 1. The summed E-state index contributed by atoms with van der Waals surface area (Å²) in [5, 5.41) is 5.76. The number of nitrogens with zero attached hydrogens (tertiary/aromatic N) is 2. The number of anilines is 1. The molecule has 118 valence electrons. The van der Waals surface area contributed by atoms with Gasteiger partial charge >= 0.3 is 0 Å². The normalized spacial score (nSPS) is 16.6. The summed E-state index contributed by atoms with van der Waals surface area (Å²) < 4.78 is 31.7. The molecule has 0 saturated carbocycles. The molecule has 2 heterocycles. The molecule has 1 aromatic heterocycles. The summed E-state index contributed by atoms with van der Waals surface area (Å²) in [4.78, 5) is 4.72. The average molecular weight is 339 g/mol. The highest BCUT2D eigenvalue weighted by molar-refractivity contribution is 7.89. The van der Waals surface area contributed by atoms with Crippen LogP contribution in [0.25, 0.3) is 11.3 Å². The number of rotatable bonds is 4. The molecule has 0 aliphatic carbocycles. The average Bonchev–Trinajstić information content (AvgIpc) is 3.05. The van der Waals surface area contributed by atoms with Gasteiger partial charge in [0.1, 0.15) is 0 Å². The predicted molar refractivity (Wildman–Crippen MR) is 86.7 cm³/mol. The van der Waals surface area contributed by atoms with Crippen molar-refractivity contribution < 1.29 is 13.2 Å². The van der Waals surface area contributed by atoms with Gasteiger partial charge in [-0.25, -0.2) is 13.4 Å². The molecule has 6 nitrogen and oxygen atoms in total. The Balaban J connectivity index is 1.84. The smallest absolute Gasteiger partial charge is 0.243 e. The third-order valence-electron chi connectivity index (χ3n) is 3.48. The van der Waals surface area contributed by atoms with Crippen molar-refractivity contribution in [3.8, 4) is 11.3 Å². The van der Waals surface area contributed by atoms with Crippen LogP contribution >= 0.6 is 11.3 Å². The summed E-state index contributed by atoms with van der Waals surface area (Å²) in [5.74, 6) is 0. The number of thiazole rings is 1. The van der Waals surface area contributed by atoms with Crippen LogP contribution in [0.4, 0.5) is 5.13 Å². The van der Waals surface area contributed by atoms with Crippen molar-refractivity contribution in [1.29, 1.82) is 0 Å². The molecule has 2 aromatic rings. The van der Waals surface area contributed by atoms with Crippen molar-refractivity contribution in [2.24, 2.45) is 0 Å². The molecule has 1 fully saturated rings. The summed E-state index contributed by atoms with van der Waals surface area (Å²) in [6.07, 6.45) is 0. The topological polar surface area (TPSA) is 71.5 Å². The highest BCUT2D eigenvalue weighted by atomic mass is 32.2. The SMILES string of the molecule is CNc1nc(-c2ccc(S(=O)(=O)N3CCOCC3)cc2)cs1. The Morgan fingerprint density at radius 2 is 1.91 bits per heavy atom. The molecule has 0 atom stereocenters. The van der Waals surface area contributed by atoms with Crippen molar-refractivity contribution in [3.63, 3.8) is 0 Å². The van der Waals surface area contributed by atoms with Crippen molar-refractivity contribution in [2.45, 2.75) is 4.90 Å². The van der Waals surface area contributed by atoms with E-state index in [2.05, 4.69) is 10.3 Å². The molecule has 0 unspecified atom stereocenters. The molecular weight excluding hydrogens is 322 g/mol. The van der Waals surface area contributed by atoms with Gasteiger partial charge in [0, 0.05) is 31.1 Å². The van der Waals surface area contributed by atoms with Crippen LogP contribution in [0.15, 0.2) is 34.5 Å². The van der Waals surface area contributed by atoms with Crippen molar-refractivity contribution in [2.75, 3.05) is 38.7 Å². The first-order valence-electron chi connectivity index (χ1n) is 6.93. The van der Waals surface area contributed by atoms with Gasteiger partial charge in [-0.2, -0.15) is 4.31 Å². The molecule has 8 heteroatoms. The zero-order valence-corrected chi connectivity index (χ0v) is 13.8. The number of ether oxygens (including phenoxy) is 1. The summed E-state index contributed by atoms with van der Waals surface area (Å²) in [7, 11) is -1.62. The molecule has 1 saturated heterocycles. The van der Waals surface area contributed by atoms with E-state index in [-0.39, 0.29) is 0 Å². The number of morpholine rings is 1. The summed E-state index contributed by atoms with van der Waals surface area (Å²) >= 11 is 1.51. The molecule has 3 rings (SSSR count). The highest BCUT2D eigenvalue weighted by Gasteiger charge is 2.26. The lowest BCUT2D eigenvalue weighted by atomic mass is 10.2. The van der Waals surface area contributed by atoms with Crippen LogP contribution in [0.1, 0.15) is 0 Å². The fraction of sp³-hybridized carbons (Fsp3) is 0.357. The Hall–Kier alpha value is -1.48. The number of hydrogen-bond donors (Lipinski definition) is 1. The molecule has 0 amide bonds. The van der Waals surface area contributed by atoms with Gasteiger partial charge in [-0.15, -0.1) is 11.3 Å². The fourth-order valence-electron chi connectivity index (χ4n) is 2.25. The van der Waals surface area contributed by atoms with Crippen molar-refractivity contribution in [3.05, 3.63) is 29.6 Å². The maximum absolute atomic E-state index is 12.5. The van der Waals surface area contributed by atoms with Crippen LogP contribution in [-0.4, -0.2) is 51.1 Å². The van der Waals surface area contributed by atoms with Crippen molar-refractivity contribution in [1.82, 2.24) is 9.29 Å². The van der Waals surface area contributed by atoms with Crippen molar-refractivity contribution >= 4 is 26.5 Å². The maximum Gasteiger partial charge on any atom is 0.243 e. The Kier molecular flexibility index (Phi) is 4.44. The lowest BCUT2D eigenvalue weighted by Gasteiger charge is -2.26. The van der Waals surface area contributed by atoms with E-state index in [1.54, 1.807) is 24.3 Å². The zero-order valence-electron chi connectivity index (χ0n) is 12.2. The predicted octanol–water partition coefficient (Wildman–Crippen LogP) is 1.87. The first-order chi connectivity index (χ1) is 10.6. The molecule has 1 aliphatic heterocycles. The van der Waals surface area contributed by atoms with E-state index in [0.717, 1.165) is 16.4 Å². The Morgan fingerprint density at radius 1 is 1.23 bits per heavy atom. The van der Waals surface area contributed by atoms with Gasteiger partial charge in [0.25, 0.3) is 0 Å². The van der Waals surface area contributed by atoms with Crippen LogP contribution in [0.5, 0.6) is 0 Å².